The van der Waals surface area contributed by atoms with Crippen LogP contribution in [0, 0.1) is 18.2 Å². The number of carbonyl (C=O) groups excluding carboxylic acids is 2. The predicted octanol–water partition coefficient (Wildman–Crippen LogP) is 2.95. The number of aliphatic hydroxyl groups is 2. The first-order chi connectivity index (χ1) is 19.1. The van der Waals surface area contributed by atoms with Crippen LogP contribution in [0.2, 0.25) is 0 Å². The summed E-state index contributed by atoms with van der Waals surface area (Å²) in [5, 5.41) is 25.1. The van der Waals surface area contributed by atoms with Crippen molar-refractivity contribution >= 4 is 34.5 Å². The fourth-order valence-electron chi connectivity index (χ4n) is 6.61. The van der Waals surface area contributed by atoms with E-state index >= 15 is 4.39 Å². The van der Waals surface area contributed by atoms with Gasteiger partial charge in [-0.15, -0.1) is 11.8 Å². The van der Waals surface area contributed by atoms with Crippen molar-refractivity contribution in [2.75, 3.05) is 12.4 Å². The lowest BCUT2D eigenvalue weighted by Crippen LogP contribution is -2.49. The molecule has 0 saturated heterocycles. The Labute approximate surface area is 232 Å². The van der Waals surface area contributed by atoms with Crippen LogP contribution in [0.15, 0.2) is 21.8 Å². The Kier molecular flexibility index (Phi) is 5.53. The molecule has 2 atom stereocenters. The van der Waals surface area contributed by atoms with Crippen molar-refractivity contribution in [3.8, 4) is 11.4 Å². The fourth-order valence-corrected chi connectivity index (χ4v) is 7.87. The monoisotopic (exact) mass is 565 g/mol. The van der Waals surface area contributed by atoms with Crippen molar-refractivity contribution in [2.45, 2.75) is 69.2 Å². The van der Waals surface area contributed by atoms with Crippen LogP contribution in [0.1, 0.15) is 66.5 Å². The molecule has 5 heterocycles. The smallest absolute Gasteiger partial charge is 0.343 e. The van der Waals surface area contributed by atoms with Gasteiger partial charge in [0.2, 0.25) is 5.91 Å². The maximum Gasteiger partial charge on any atom is 0.343 e. The number of nitrogens with one attached hydrogen (secondary N) is 1. The lowest BCUT2D eigenvalue weighted by Gasteiger charge is -2.40. The molecule has 7 rings (SSSR count). The number of amides is 1. The normalized spacial score (nSPS) is 23.6. The second-order valence-corrected chi connectivity index (χ2v) is 12.3. The molecule has 0 radical (unpaired) electrons. The number of aliphatic hydroxyl groups excluding tert-OH is 1. The molecule has 0 spiro atoms. The first kappa shape index (κ1) is 25.7. The van der Waals surface area contributed by atoms with E-state index in [2.05, 4.69) is 5.32 Å². The predicted molar refractivity (Wildman–Crippen MR) is 144 cm³/mol. The van der Waals surface area contributed by atoms with E-state index in [0.29, 0.717) is 41.1 Å². The van der Waals surface area contributed by atoms with Crippen LogP contribution in [0.4, 0.5) is 4.39 Å². The molecule has 0 unspecified atom stereocenters. The number of nitrogens with zero attached hydrogens (tertiary/aromatic N) is 2. The van der Waals surface area contributed by atoms with Crippen molar-refractivity contribution < 1.29 is 28.9 Å². The summed E-state index contributed by atoms with van der Waals surface area (Å²) in [4.78, 5) is 45.2. The third kappa shape index (κ3) is 3.22. The molecule has 0 bridgehead atoms. The van der Waals surface area contributed by atoms with Gasteiger partial charge in [-0.2, -0.15) is 0 Å². The molecule has 3 aliphatic heterocycles. The van der Waals surface area contributed by atoms with E-state index in [0.717, 1.165) is 27.8 Å². The summed E-state index contributed by atoms with van der Waals surface area (Å²) in [6.45, 7) is 3.08. The summed E-state index contributed by atoms with van der Waals surface area (Å²) in [5.41, 5.74) is 0.606. The summed E-state index contributed by atoms with van der Waals surface area (Å²) in [6.07, 6.45) is 2.14. The fraction of sp³-hybridized carbons (Fsp3) is 0.448. The molecule has 40 heavy (non-hydrogen) atoms. The van der Waals surface area contributed by atoms with Crippen molar-refractivity contribution in [3.05, 3.63) is 56.1 Å². The number of esters is 1. The standard InChI is InChI=1S/C29H28FN3O6S/c1-3-29(38)16-7-20-23-14(9-33(20)25(35)15(16)10-39-27(29)37)21-19(32-26(36)28(12-34)5-4-6-28)11-40-24-13(2)17(30)8-18(31-23)22(21)24/h7-8,19,34,38H,3-6,9-12H2,1-2H3,(H,32,36)/t19-,29+/m1/s1. The molecule has 208 valence electrons. The van der Waals surface area contributed by atoms with Crippen LogP contribution in [0.25, 0.3) is 22.3 Å². The molecule has 2 aromatic heterocycles. The number of ether oxygens (including phenoxy) is 1. The second kappa shape index (κ2) is 8.61. The molecular weight excluding hydrogens is 537 g/mol. The van der Waals surface area contributed by atoms with Crippen LogP contribution >= 0.6 is 11.8 Å². The van der Waals surface area contributed by atoms with Gasteiger partial charge in [0.15, 0.2) is 5.60 Å². The summed E-state index contributed by atoms with van der Waals surface area (Å²) in [5.74, 6) is -0.953. The maximum atomic E-state index is 15.1. The van der Waals surface area contributed by atoms with Crippen LogP contribution in [-0.4, -0.2) is 44.0 Å². The average molecular weight is 566 g/mol. The molecule has 1 fully saturated rings. The van der Waals surface area contributed by atoms with Gasteiger partial charge in [-0.25, -0.2) is 14.2 Å². The SMILES string of the molecule is CC[C@@]1(O)C(=O)OCc2c1cc1n(c2=O)Cc2c-1nc1cc(F)c(C)c3c1c2[C@H](NC(=O)C1(CO)CCC1)CS3. The number of thioether (sulfide) groups is 1. The van der Waals surface area contributed by atoms with E-state index in [9.17, 15) is 24.6 Å². The van der Waals surface area contributed by atoms with Crippen molar-refractivity contribution in [3.63, 3.8) is 0 Å². The maximum absolute atomic E-state index is 15.1. The molecular formula is C29H28FN3O6S. The molecule has 3 N–H and O–H groups in total. The highest BCUT2D eigenvalue weighted by Gasteiger charge is 2.47. The number of halogens is 1. The van der Waals surface area contributed by atoms with E-state index in [1.807, 2.05) is 0 Å². The average Bonchev–Trinajstić information content (AvgIpc) is 3.28. The largest absolute Gasteiger partial charge is 0.458 e. The first-order valence-corrected chi connectivity index (χ1v) is 14.5. The van der Waals surface area contributed by atoms with E-state index in [-0.39, 0.29) is 48.8 Å². The van der Waals surface area contributed by atoms with Gasteiger partial charge in [0.25, 0.3) is 5.56 Å². The third-order valence-corrected chi connectivity index (χ3v) is 10.6. The molecule has 3 aromatic rings. The number of aromatic nitrogens is 2. The minimum Gasteiger partial charge on any atom is -0.458 e. The third-order valence-electron chi connectivity index (χ3n) is 9.30. The number of pyridine rings is 2. The van der Waals surface area contributed by atoms with Gasteiger partial charge in [0.1, 0.15) is 12.4 Å². The van der Waals surface area contributed by atoms with Gasteiger partial charge in [-0.1, -0.05) is 13.3 Å². The number of rotatable bonds is 4. The van der Waals surface area contributed by atoms with Gasteiger partial charge in [-0.05, 0) is 43.4 Å². The Balaban J connectivity index is 1.46. The Morgan fingerprint density at radius 2 is 2.08 bits per heavy atom. The van der Waals surface area contributed by atoms with Crippen LogP contribution in [0.3, 0.4) is 0 Å². The minimum absolute atomic E-state index is 0.0246. The van der Waals surface area contributed by atoms with Crippen LogP contribution in [0.5, 0.6) is 0 Å². The van der Waals surface area contributed by atoms with E-state index < -0.39 is 28.8 Å². The Hall–Kier alpha value is -3.28. The van der Waals surface area contributed by atoms with E-state index in [1.54, 1.807) is 24.5 Å². The van der Waals surface area contributed by atoms with Crippen molar-refractivity contribution in [2.24, 2.45) is 5.41 Å². The number of fused-ring (bicyclic) bond motifs is 5. The summed E-state index contributed by atoms with van der Waals surface area (Å²) >= 11 is 1.46. The molecule has 9 nitrogen and oxygen atoms in total. The lowest BCUT2D eigenvalue weighted by atomic mass is 9.68. The van der Waals surface area contributed by atoms with Gasteiger partial charge < -0.3 is 24.8 Å². The van der Waals surface area contributed by atoms with Gasteiger partial charge >= 0.3 is 5.97 Å². The van der Waals surface area contributed by atoms with E-state index in [4.69, 9.17) is 9.72 Å². The zero-order chi connectivity index (χ0) is 28.1. The Morgan fingerprint density at radius 1 is 1.30 bits per heavy atom. The summed E-state index contributed by atoms with van der Waals surface area (Å²) < 4.78 is 21.8. The number of carbonyl (C=O) groups is 2. The number of hydrogen-bond acceptors (Lipinski definition) is 8. The molecule has 1 amide bonds. The quantitative estimate of drug-likeness (QED) is 0.322. The summed E-state index contributed by atoms with van der Waals surface area (Å²) in [7, 11) is 0. The first-order valence-electron chi connectivity index (χ1n) is 13.5. The molecule has 1 aromatic carbocycles. The molecule has 11 heteroatoms. The zero-order valence-electron chi connectivity index (χ0n) is 22.1. The Morgan fingerprint density at radius 3 is 2.75 bits per heavy atom. The second-order valence-electron chi connectivity index (χ2n) is 11.3. The highest BCUT2D eigenvalue weighted by Crippen LogP contribution is 2.49. The summed E-state index contributed by atoms with van der Waals surface area (Å²) in [6, 6.07) is 2.56. The van der Waals surface area contributed by atoms with Gasteiger partial charge in [-0.3, -0.25) is 9.59 Å². The van der Waals surface area contributed by atoms with Crippen molar-refractivity contribution in [1.82, 2.24) is 14.9 Å². The zero-order valence-corrected chi connectivity index (χ0v) is 22.9. The number of benzene rings is 1. The van der Waals surface area contributed by atoms with Crippen LogP contribution in [-0.2, 0) is 33.1 Å². The van der Waals surface area contributed by atoms with E-state index in [1.165, 1.54) is 17.8 Å². The van der Waals surface area contributed by atoms with Gasteiger partial charge in [0, 0.05) is 33.2 Å². The topological polar surface area (TPSA) is 131 Å². The molecule has 1 aliphatic carbocycles. The highest BCUT2D eigenvalue weighted by molar-refractivity contribution is 7.99. The molecule has 1 saturated carbocycles. The van der Waals surface area contributed by atoms with Gasteiger partial charge in [0.05, 0.1) is 47.1 Å². The number of cyclic esters (lactones) is 1. The highest BCUT2D eigenvalue weighted by atomic mass is 32.2. The van der Waals surface area contributed by atoms with Crippen LogP contribution < -0.4 is 10.9 Å². The van der Waals surface area contributed by atoms with Crippen molar-refractivity contribution in [1.29, 1.82) is 0 Å². The molecule has 4 aliphatic rings. The minimum atomic E-state index is -1.96. The number of hydrogen-bond donors (Lipinski definition) is 3. The Bertz CT molecular complexity index is 1730. The lowest BCUT2D eigenvalue weighted by molar-refractivity contribution is -0.172.